The van der Waals surface area contributed by atoms with Crippen LogP contribution in [0.15, 0.2) is 60.7 Å². The zero-order valence-corrected chi connectivity index (χ0v) is 16.7. The van der Waals surface area contributed by atoms with E-state index in [1.54, 1.807) is 48.5 Å². The lowest BCUT2D eigenvalue weighted by Crippen LogP contribution is -2.58. The van der Waals surface area contributed by atoms with Crippen LogP contribution < -0.4 is 0 Å². The molecule has 0 N–H and O–H groups in total. The summed E-state index contributed by atoms with van der Waals surface area (Å²) in [4.78, 5) is 26.2. The van der Waals surface area contributed by atoms with Crippen molar-refractivity contribution in [3.63, 3.8) is 0 Å². The zero-order chi connectivity index (χ0) is 21.1. The highest BCUT2D eigenvalue weighted by Gasteiger charge is 2.79. The molecule has 0 aromatic heterocycles. The topological polar surface area (TPSA) is 100 Å². The summed E-state index contributed by atoms with van der Waals surface area (Å²) in [6, 6.07) is 21.9. The molecule has 1 aliphatic rings. The maximum Gasteiger partial charge on any atom is 0.330 e. The summed E-state index contributed by atoms with van der Waals surface area (Å²) < 4.78 is 8.60. The summed E-state index contributed by atoms with van der Waals surface area (Å²) in [6.45, 7) is 0. The van der Waals surface area contributed by atoms with Crippen LogP contribution >= 0.6 is 11.8 Å². The highest BCUT2D eigenvalue weighted by molar-refractivity contribution is 8.00. The SMILES string of the molecule is COC(=O)[C@@]1(C#N)CSC(c2ccccc2)(c2ccccc2)[C@@]1(C#N)C(=O)OC. The van der Waals surface area contributed by atoms with Gasteiger partial charge in [0.2, 0.25) is 5.41 Å². The van der Waals surface area contributed by atoms with Gasteiger partial charge in [-0.05, 0) is 11.1 Å². The minimum absolute atomic E-state index is 0.109. The lowest BCUT2D eigenvalue weighted by molar-refractivity contribution is -0.167. The molecular weight excluding hydrogens is 388 g/mol. The van der Waals surface area contributed by atoms with Crippen LogP contribution in [0.1, 0.15) is 11.1 Å². The molecule has 2 aromatic carbocycles. The molecule has 3 rings (SSSR count). The fraction of sp³-hybridized carbons (Fsp3) is 0.273. The first-order valence-corrected chi connectivity index (χ1v) is 9.73. The molecule has 0 saturated carbocycles. The first kappa shape index (κ1) is 20.4. The summed E-state index contributed by atoms with van der Waals surface area (Å²) in [5.41, 5.74) is -3.00. The van der Waals surface area contributed by atoms with Crippen LogP contribution in [0, 0.1) is 33.5 Å². The van der Waals surface area contributed by atoms with Crippen LogP contribution in [0.4, 0.5) is 0 Å². The van der Waals surface area contributed by atoms with E-state index in [1.807, 2.05) is 18.2 Å². The van der Waals surface area contributed by atoms with E-state index < -0.39 is 27.5 Å². The summed E-state index contributed by atoms with van der Waals surface area (Å²) in [5, 5.41) is 20.6. The molecular formula is C22H18N2O4S. The molecule has 0 aliphatic carbocycles. The fourth-order valence-corrected chi connectivity index (χ4v) is 6.04. The smallest absolute Gasteiger partial charge is 0.330 e. The quantitative estimate of drug-likeness (QED) is 0.719. The van der Waals surface area contributed by atoms with Crippen molar-refractivity contribution in [1.29, 1.82) is 10.5 Å². The molecule has 0 bridgehead atoms. The van der Waals surface area contributed by atoms with Crippen LogP contribution in [-0.2, 0) is 23.8 Å². The van der Waals surface area contributed by atoms with Crippen LogP contribution in [0.5, 0.6) is 0 Å². The van der Waals surface area contributed by atoms with Gasteiger partial charge in [0, 0.05) is 5.75 Å². The molecule has 7 heteroatoms. The number of methoxy groups -OCH3 is 2. The van der Waals surface area contributed by atoms with E-state index >= 15 is 0 Å². The second kappa shape index (κ2) is 7.62. The Morgan fingerprint density at radius 2 is 1.34 bits per heavy atom. The Hall–Kier alpha value is -3.29. The fourth-order valence-electron chi connectivity index (χ4n) is 4.08. The molecule has 29 heavy (non-hydrogen) atoms. The van der Waals surface area contributed by atoms with Gasteiger partial charge in [-0.1, -0.05) is 60.7 Å². The van der Waals surface area contributed by atoms with Crippen LogP contribution in [-0.4, -0.2) is 31.9 Å². The van der Waals surface area contributed by atoms with Crippen molar-refractivity contribution in [2.24, 2.45) is 10.8 Å². The number of thioether (sulfide) groups is 1. The average molecular weight is 406 g/mol. The second-order valence-corrected chi connectivity index (χ2v) is 7.75. The third-order valence-electron chi connectivity index (χ3n) is 5.42. The van der Waals surface area contributed by atoms with E-state index in [0.29, 0.717) is 11.1 Å². The number of hydrogen-bond acceptors (Lipinski definition) is 7. The molecule has 1 saturated heterocycles. The number of carbonyl (C=O) groups excluding carboxylic acids is 2. The van der Waals surface area contributed by atoms with E-state index in [1.165, 1.54) is 11.8 Å². The largest absolute Gasteiger partial charge is 0.468 e. The minimum Gasteiger partial charge on any atom is -0.468 e. The Bertz CT molecular complexity index is 973. The third kappa shape index (κ3) is 2.48. The minimum atomic E-state index is -2.18. The normalized spacial score (nSPS) is 24.7. The maximum absolute atomic E-state index is 13.3. The third-order valence-corrected chi connectivity index (χ3v) is 7.21. The van der Waals surface area contributed by atoms with Crippen LogP contribution in [0.3, 0.4) is 0 Å². The molecule has 2 atom stereocenters. The molecule has 6 nitrogen and oxygen atoms in total. The van der Waals surface area contributed by atoms with Crippen molar-refractivity contribution in [3.8, 4) is 12.1 Å². The van der Waals surface area contributed by atoms with Crippen molar-refractivity contribution in [3.05, 3.63) is 71.8 Å². The van der Waals surface area contributed by atoms with Crippen LogP contribution in [0.2, 0.25) is 0 Å². The van der Waals surface area contributed by atoms with Gasteiger partial charge in [0.1, 0.15) is 0 Å². The molecule has 1 aliphatic heterocycles. The van der Waals surface area contributed by atoms with E-state index in [9.17, 15) is 20.1 Å². The van der Waals surface area contributed by atoms with Gasteiger partial charge in [-0.15, -0.1) is 11.8 Å². The Labute approximate surface area is 173 Å². The number of esters is 2. The van der Waals surface area contributed by atoms with Gasteiger partial charge in [0.15, 0.2) is 5.41 Å². The van der Waals surface area contributed by atoms with Gasteiger partial charge in [-0.3, -0.25) is 9.59 Å². The summed E-state index contributed by atoms with van der Waals surface area (Å²) in [5.74, 6) is -2.00. The zero-order valence-electron chi connectivity index (χ0n) is 15.9. The lowest BCUT2D eigenvalue weighted by Gasteiger charge is -2.43. The van der Waals surface area contributed by atoms with Gasteiger partial charge in [0.25, 0.3) is 0 Å². The number of benzene rings is 2. The molecule has 1 fully saturated rings. The van der Waals surface area contributed by atoms with E-state index in [-0.39, 0.29) is 5.75 Å². The highest BCUT2D eigenvalue weighted by atomic mass is 32.2. The predicted octanol–water partition coefficient (Wildman–Crippen LogP) is 3.04. The molecule has 146 valence electrons. The van der Waals surface area contributed by atoms with Crippen LogP contribution in [0.25, 0.3) is 0 Å². The lowest BCUT2D eigenvalue weighted by atomic mass is 9.55. The van der Waals surface area contributed by atoms with Crippen molar-refractivity contribution in [1.82, 2.24) is 0 Å². The number of nitriles is 2. The molecule has 0 spiro atoms. The summed E-state index contributed by atoms with van der Waals surface area (Å²) in [7, 11) is 2.28. The Morgan fingerprint density at radius 1 is 0.862 bits per heavy atom. The number of nitrogens with zero attached hydrogens (tertiary/aromatic N) is 2. The number of ether oxygens (including phenoxy) is 2. The summed E-state index contributed by atoms with van der Waals surface area (Å²) in [6.07, 6.45) is 0. The number of rotatable bonds is 4. The standard InChI is InChI=1S/C22H18N2O4S/c1-27-18(25)20(13-23)15-29-22(16-9-5-3-6-10-16,17-11-7-4-8-12-17)21(20,14-24)19(26)28-2/h3-12H,15H2,1-2H3/t20-,21+/m1/s1. The van der Waals surface area contributed by atoms with Crippen molar-refractivity contribution in [2.45, 2.75) is 4.75 Å². The Balaban J connectivity index is 2.52. The van der Waals surface area contributed by atoms with Gasteiger partial charge in [0.05, 0.1) is 31.1 Å². The van der Waals surface area contributed by atoms with Crippen molar-refractivity contribution in [2.75, 3.05) is 20.0 Å². The van der Waals surface area contributed by atoms with E-state index in [0.717, 1.165) is 14.2 Å². The molecule has 0 unspecified atom stereocenters. The number of carbonyl (C=O) groups is 2. The van der Waals surface area contributed by atoms with Gasteiger partial charge < -0.3 is 9.47 Å². The second-order valence-electron chi connectivity index (χ2n) is 6.56. The molecule has 2 aromatic rings. The average Bonchev–Trinajstić information content (AvgIpc) is 3.12. The van der Waals surface area contributed by atoms with E-state index in [4.69, 9.17) is 9.47 Å². The van der Waals surface area contributed by atoms with Crippen molar-refractivity contribution >= 4 is 23.7 Å². The Kier molecular flexibility index (Phi) is 5.37. The first-order valence-electron chi connectivity index (χ1n) is 8.75. The van der Waals surface area contributed by atoms with Gasteiger partial charge >= 0.3 is 11.9 Å². The first-order chi connectivity index (χ1) is 14.0. The number of hydrogen-bond donors (Lipinski definition) is 0. The predicted molar refractivity (Wildman–Crippen MR) is 106 cm³/mol. The highest BCUT2D eigenvalue weighted by Crippen LogP contribution is 2.69. The maximum atomic E-state index is 13.3. The van der Waals surface area contributed by atoms with E-state index in [2.05, 4.69) is 6.07 Å². The van der Waals surface area contributed by atoms with Crippen molar-refractivity contribution < 1.29 is 19.1 Å². The summed E-state index contributed by atoms with van der Waals surface area (Å²) >= 11 is 1.20. The Morgan fingerprint density at radius 3 is 1.72 bits per heavy atom. The van der Waals surface area contributed by atoms with Gasteiger partial charge in [-0.25, -0.2) is 0 Å². The van der Waals surface area contributed by atoms with Gasteiger partial charge in [-0.2, -0.15) is 10.5 Å². The molecule has 0 amide bonds. The molecule has 0 radical (unpaired) electrons. The monoisotopic (exact) mass is 406 g/mol. The molecule has 1 heterocycles.